The molecule has 0 fully saturated rings. The lowest BCUT2D eigenvalue weighted by Gasteiger charge is -1.82. The molecular weight excluding hydrogens is 84.1 g/mol. The Morgan fingerprint density at radius 3 is 2.71 bits per heavy atom. The zero-order chi connectivity index (χ0) is 5.98. The highest BCUT2D eigenvalue weighted by atomic mass is 13.8. The third kappa shape index (κ3) is 1.04. The van der Waals surface area contributed by atoms with Gasteiger partial charge in [-0.05, 0) is 6.92 Å². The molecule has 0 N–H and O–H groups in total. The van der Waals surface area contributed by atoms with Crippen molar-refractivity contribution in [2.75, 3.05) is 0 Å². The van der Waals surface area contributed by atoms with E-state index >= 15 is 0 Å². The predicted octanol–water partition coefficient (Wildman–Crippen LogP) is 2.00. The van der Waals surface area contributed by atoms with Crippen LogP contribution in [0.25, 0.3) is 0 Å². The normalized spacial score (nSPS) is 10.7. The van der Waals surface area contributed by atoms with Crippen LogP contribution in [-0.2, 0) is 0 Å². The van der Waals surface area contributed by atoms with Gasteiger partial charge in [-0.15, -0.1) is 0 Å². The van der Waals surface area contributed by atoms with Crippen LogP contribution >= 0.6 is 0 Å². The molecule has 0 bridgehead atoms. The van der Waals surface area contributed by atoms with E-state index in [1.165, 1.54) is 0 Å². The molecule has 0 heteroatoms. The van der Waals surface area contributed by atoms with Crippen molar-refractivity contribution in [2.45, 2.75) is 6.92 Å². The molecule has 0 spiro atoms. The highest BCUT2D eigenvalue weighted by Gasteiger charge is 1.72. The Morgan fingerprint density at radius 1 is 1.43 bits per heavy atom. The van der Waals surface area contributed by atoms with Gasteiger partial charge in [-0.3, -0.25) is 0 Å². The first-order valence-corrected chi connectivity index (χ1v) is 2.33. The molecule has 7 heavy (non-hydrogen) atoms. The lowest BCUT2D eigenvalue weighted by atomic mass is 10.2. The maximum absolute atomic E-state index is 7.22. The van der Waals surface area contributed by atoms with Gasteiger partial charge in [0.25, 0.3) is 0 Å². The summed E-state index contributed by atoms with van der Waals surface area (Å²) in [5.74, 6) is 0. The van der Waals surface area contributed by atoms with E-state index in [9.17, 15) is 0 Å². The fourth-order valence-corrected chi connectivity index (χ4v) is 0.483. The summed E-state index contributed by atoms with van der Waals surface area (Å²) in [4.78, 5) is 0. The van der Waals surface area contributed by atoms with Crippen molar-refractivity contribution in [1.29, 1.82) is 0 Å². The molecule has 1 rings (SSSR count). The van der Waals surface area contributed by atoms with Gasteiger partial charge in [0.15, 0.2) is 0 Å². The average Bonchev–Trinajstić information content (AvgIpc) is 1.77. The molecule has 0 amide bonds. The van der Waals surface area contributed by atoms with E-state index in [4.69, 9.17) is 1.37 Å². The van der Waals surface area contributed by atoms with Gasteiger partial charge < -0.3 is 0 Å². The summed E-state index contributed by atoms with van der Waals surface area (Å²) in [7, 11) is 0. The molecule has 0 aliphatic carbocycles. The molecule has 0 saturated carbocycles. The molecule has 1 aromatic carbocycles. The van der Waals surface area contributed by atoms with Gasteiger partial charge >= 0.3 is 0 Å². The van der Waals surface area contributed by atoms with Crippen LogP contribution in [-0.4, -0.2) is 0 Å². The molecule has 1 aromatic rings. The monoisotopic (exact) mass is 93.1 g/mol. The number of rotatable bonds is 0. The molecule has 0 heterocycles. The Balaban J connectivity index is 3.13. The Morgan fingerprint density at radius 2 is 2.29 bits per heavy atom. The van der Waals surface area contributed by atoms with E-state index in [-0.39, 0.29) is 0 Å². The van der Waals surface area contributed by atoms with Gasteiger partial charge in [-0.1, -0.05) is 35.9 Å². The molecular formula is C7H8. The SMILES string of the molecule is [2H]c1ccccc1C. The maximum Gasteiger partial charge on any atom is 0.0625 e. The molecule has 0 aromatic heterocycles. The van der Waals surface area contributed by atoms with Crippen molar-refractivity contribution in [3.63, 3.8) is 0 Å². The highest BCUT2D eigenvalue weighted by Crippen LogP contribution is 1.92. The number of hydrogen-bond donors (Lipinski definition) is 0. The second kappa shape index (κ2) is 1.78. The molecule has 36 valence electrons. The lowest BCUT2D eigenvalue weighted by molar-refractivity contribution is 1.48. The van der Waals surface area contributed by atoms with Gasteiger partial charge in [0.05, 0.1) is 1.37 Å². The minimum absolute atomic E-state index is 0.618. The molecule has 0 atom stereocenters. The van der Waals surface area contributed by atoms with E-state index in [0.717, 1.165) is 5.56 Å². The van der Waals surface area contributed by atoms with Gasteiger partial charge in [-0.25, -0.2) is 0 Å². The van der Waals surface area contributed by atoms with Crippen LogP contribution in [0, 0.1) is 6.92 Å². The van der Waals surface area contributed by atoms with Crippen molar-refractivity contribution in [3.05, 3.63) is 35.9 Å². The minimum atomic E-state index is 0.618. The van der Waals surface area contributed by atoms with Crippen molar-refractivity contribution >= 4 is 0 Å². The summed E-state index contributed by atoms with van der Waals surface area (Å²) in [6.07, 6.45) is 0. The first kappa shape index (κ1) is 3.25. The average molecular weight is 93.1 g/mol. The molecule has 0 saturated heterocycles. The fourth-order valence-electron chi connectivity index (χ4n) is 0.483. The van der Waals surface area contributed by atoms with E-state index in [1.807, 2.05) is 25.1 Å². The zero-order valence-electron chi connectivity index (χ0n) is 5.31. The summed E-state index contributed by atoms with van der Waals surface area (Å²) in [5.41, 5.74) is 1.03. The quantitative estimate of drug-likeness (QED) is 0.460. The van der Waals surface area contributed by atoms with Gasteiger partial charge in [0, 0.05) is 0 Å². The Hall–Kier alpha value is -0.780. The van der Waals surface area contributed by atoms with Gasteiger partial charge in [-0.2, -0.15) is 0 Å². The number of aryl methyl sites for hydroxylation is 1. The van der Waals surface area contributed by atoms with E-state index < -0.39 is 0 Å². The third-order valence-corrected chi connectivity index (χ3v) is 0.865. The van der Waals surface area contributed by atoms with Crippen LogP contribution in [0.5, 0.6) is 0 Å². The Kier molecular flexibility index (Phi) is 0.828. The van der Waals surface area contributed by atoms with E-state index in [1.54, 1.807) is 6.07 Å². The first-order valence-electron chi connectivity index (χ1n) is 2.83. The van der Waals surface area contributed by atoms with Crippen LogP contribution in [0.2, 0.25) is 0 Å². The molecule has 0 radical (unpaired) electrons. The number of hydrogen-bond acceptors (Lipinski definition) is 0. The van der Waals surface area contributed by atoms with Crippen LogP contribution in [0.3, 0.4) is 0 Å². The van der Waals surface area contributed by atoms with Crippen molar-refractivity contribution < 1.29 is 1.37 Å². The summed E-state index contributed by atoms with van der Waals surface area (Å²) < 4.78 is 7.22. The maximum atomic E-state index is 7.22. The fraction of sp³-hybridized carbons (Fsp3) is 0.143. The molecule has 0 nitrogen and oxygen atoms in total. The van der Waals surface area contributed by atoms with Crippen molar-refractivity contribution in [1.82, 2.24) is 0 Å². The van der Waals surface area contributed by atoms with Crippen molar-refractivity contribution in [3.8, 4) is 0 Å². The zero-order valence-corrected chi connectivity index (χ0v) is 4.31. The van der Waals surface area contributed by atoms with Crippen LogP contribution < -0.4 is 0 Å². The smallest absolute Gasteiger partial charge is 0.0622 e. The third-order valence-electron chi connectivity index (χ3n) is 0.865. The first-order chi connectivity index (χ1) is 3.80. The van der Waals surface area contributed by atoms with E-state index in [2.05, 4.69) is 0 Å². The summed E-state index contributed by atoms with van der Waals surface area (Å²) >= 11 is 0. The molecule has 0 aliphatic rings. The largest absolute Gasteiger partial charge is 0.0625 e. The van der Waals surface area contributed by atoms with Gasteiger partial charge in [0.1, 0.15) is 0 Å². The van der Waals surface area contributed by atoms with Gasteiger partial charge in [0.2, 0.25) is 0 Å². The minimum Gasteiger partial charge on any atom is -0.0622 e. The standard InChI is InChI=1S/C7H8/c1-7-5-3-2-4-6-7/h2-6H,1H3/i5D. The summed E-state index contributed by atoms with van der Waals surface area (Å²) in [6.45, 7) is 1.93. The second-order valence-electron chi connectivity index (χ2n) is 1.55. The number of benzene rings is 1. The van der Waals surface area contributed by atoms with Crippen molar-refractivity contribution in [2.24, 2.45) is 0 Å². The molecule has 0 unspecified atom stereocenters. The van der Waals surface area contributed by atoms with Crippen LogP contribution in [0.4, 0.5) is 0 Å². The molecule has 0 aliphatic heterocycles. The summed E-state index contributed by atoms with van der Waals surface area (Å²) in [6, 6.07) is 8.15. The predicted molar refractivity (Wildman–Crippen MR) is 31.2 cm³/mol. The lowest BCUT2D eigenvalue weighted by Crippen LogP contribution is -1.62. The van der Waals surface area contributed by atoms with E-state index in [0.29, 0.717) is 6.04 Å². The highest BCUT2D eigenvalue weighted by molar-refractivity contribution is 5.11. The second-order valence-corrected chi connectivity index (χ2v) is 1.55. The Bertz CT molecular complexity index is 160. The Labute approximate surface area is 45.2 Å². The topological polar surface area (TPSA) is 0 Å². The summed E-state index contributed by atoms with van der Waals surface area (Å²) in [5, 5.41) is 0. The van der Waals surface area contributed by atoms with Crippen LogP contribution in [0.15, 0.2) is 30.3 Å². The van der Waals surface area contributed by atoms with Crippen LogP contribution in [0.1, 0.15) is 6.93 Å².